The van der Waals surface area contributed by atoms with Crippen LogP contribution in [0.4, 0.5) is 0 Å². The van der Waals surface area contributed by atoms with E-state index in [1.54, 1.807) is 0 Å². The summed E-state index contributed by atoms with van der Waals surface area (Å²) in [6.07, 6.45) is 0.625. The van der Waals surface area contributed by atoms with Crippen molar-refractivity contribution in [3.05, 3.63) is 0 Å². The summed E-state index contributed by atoms with van der Waals surface area (Å²) in [5, 5.41) is 3.48. The second kappa shape index (κ2) is 6.20. The molecule has 1 atom stereocenters. The summed E-state index contributed by atoms with van der Waals surface area (Å²) in [4.78, 5) is 16.7. The average Bonchev–Trinajstić information content (AvgIpc) is 2.40. The topological polar surface area (TPSA) is 44.8 Å². The van der Waals surface area contributed by atoms with E-state index in [1.165, 1.54) is 0 Å². The number of nitrogens with one attached hydrogen (secondary N) is 1. The number of ether oxygens (including phenoxy) is 1. The van der Waals surface area contributed by atoms with Crippen LogP contribution in [0.3, 0.4) is 0 Å². The molecule has 1 amide bonds. The van der Waals surface area contributed by atoms with E-state index in [0.29, 0.717) is 12.5 Å². The molecule has 2 saturated heterocycles. The van der Waals surface area contributed by atoms with Crippen LogP contribution in [0.2, 0.25) is 0 Å². The Labute approximate surface area is 116 Å². The molecule has 2 heterocycles. The van der Waals surface area contributed by atoms with Gasteiger partial charge in [0.25, 0.3) is 0 Å². The third-order valence-electron chi connectivity index (χ3n) is 4.04. The van der Waals surface area contributed by atoms with Gasteiger partial charge < -0.3 is 15.0 Å². The summed E-state index contributed by atoms with van der Waals surface area (Å²) in [6, 6.07) is 0.296. The Bertz CT molecular complexity index is 314. The molecular weight excluding hydrogens is 242 g/mol. The van der Waals surface area contributed by atoms with E-state index in [1.807, 2.05) is 4.90 Å². The number of amides is 1. The molecule has 1 unspecified atom stereocenters. The number of piperazine rings is 1. The minimum absolute atomic E-state index is 0.0289. The van der Waals surface area contributed by atoms with Crippen molar-refractivity contribution in [2.75, 3.05) is 45.9 Å². The van der Waals surface area contributed by atoms with Gasteiger partial charge in [-0.25, -0.2) is 0 Å². The van der Waals surface area contributed by atoms with Crippen LogP contribution in [0.25, 0.3) is 0 Å². The van der Waals surface area contributed by atoms with Crippen LogP contribution in [0.15, 0.2) is 0 Å². The fourth-order valence-corrected chi connectivity index (χ4v) is 2.73. The molecule has 5 nitrogen and oxygen atoms in total. The van der Waals surface area contributed by atoms with E-state index in [2.05, 4.69) is 31.0 Å². The van der Waals surface area contributed by atoms with Crippen molar-refractivity contribution in [3.8, 4) is 0 Å². The lowest BCUT2D eigenvalue weighted by molar-refractivity contribution is -0.136. The molecule has 1 N–H and O–H groups in total. The van der Waals surface area contributed by atoms with Gasteiger partial charge in [-0.15, -0.1) is 0 Å². The van der Waals surface area contributed by atoms with Gasteiger partial charge in [-0.05, 0) is 20.8 Å². The van der Waals surface area contributed by atoms with Crippen molar-refractivity contribution in [1.82, 2.24) is 15.1 Å². The molecule has 2 fully saturated rings. The second-order valence-electron chi connectivity index (χ2n) is 6.34. The van der Waals surface area contributed by atoms with Crippen LogP contribution in [0.1, 0.15) is 27.2 Å². The predicted octanol–water partition coefficient (Wildman–Crippen LogP) is 0.308. The minimum Gasteiger partial charge on any atom is -0.379 e. The van der Waals surface area contributed by atoms with Gasteiger partial charge in [-0.1, -0.05) is 0 Å². The van der Waals surface area contributed by atoms with Gasteiger partial charge >= 0.3 is 0 Å². The molecule has 0 aromatic rings. The first-order valence-electron chi connectivity index (χ1n) is 7.32. The third kappa shape index (κ3) is 4.16. The van der Waals surface area contributed by atoms with Crippen molar-refractivity contribution in [2.45, 2.75) is 38.8 Å². The molecule has 0 spiro atoms. The van der Waals surface area contributed by atoms with Crippen molar-refractivity contribution in [2.24, 2.45) is 0 Å². The van der Waals surface area contributed by atoms with Gasteiger partial charge in [-0.3, -0.25) is 9.69 Å². The highest BCUT2D eigenvalue weighted by Crippen LogP contribution is 2.16. The van der Waals surface area contributed by atoms with Crippen molar-refractivity contribution in [1.29, 1.82) is 0 Å². The van der Waals surface area contributed by atoms with Crippen LogP contribution < -0.4 is 5.32 Å². The summed E-state index contributed by atoms with van der Waals surface area (Å²) in [6.45, 7) is 12.5. The highest BCUT2D eigenvalue weighted by atomic mass is 16.5. The minimum atomic E-state index is 0.0289. The number of hydrogen-bond donors (Lipinski definition) is 1. The summed E-state index contributed by atoms with van der Waals surface area (Å²) >= 11 is 0. The predicted molar refractivity (Wildman–Crippen MR) is 75.1 cm³/mol. The zero-order valence-electron chi connectivity index (χ0n) is 12.4. The standard InChI is InChI=1S/C14H27N3O2/c1-12-10-15-14(2,3)11-17(12)13(18)4-5-16-6-8-19-9-7-16/h12,15H,4-11H2,1-3H3. The number of carbonyl (C=O) groups excluding carboxylic acids is 1. The Morgan fingerprint density at radius 3 is 2.74 bits per heavy atom. The van der Waals surface area contributed by atoms with E-state index >= 15 is 0 Å². The first kappa shape index (κ1) is 14.8. The fourth-order valence-electron chi connectivity index (χ4n) is 2.73. The molecule has 0 bridgehead atoms. The maximum absolute atomic E-state index is 12.4. The van der Waals surface area contributed by atoms with Crippen LogP contribution in [-0.2, 0) is 9.53 Å². The van der Waals surface area contributed by atoms with E-state index in [0.717, 1.165) is 45.9 Å². The Kier molecular flexibility index (Phi) is 4.81. The summed E-state index contributed by atoms with van der Waals surface area (Å²) in [7, 11) is 0. The zero-order valence-corrected chi connectivity index (χ0v) is 12.4. The van der Waals surface area contributed by atoms with Crippen molar-refractivity contribution < 1.29 is 9.53 Å². The van der Waals surface area contributed by atoms with Crippen LogP contribution in [-0.4, -0.2) is 73.2 Å². The molecule has 110 valence electrons. The summed E-state index contributed by atoms with van der Waals surface area (Å²) < 4.78 is 5.32. The lowest BCUT2D eigenvalue weighted by Gasteiger charge is -2.43. The highest BCUT2D eigenvalue weighted by Gasteiger charge is 2.32. The maximum atomic E-state index is 12.4. The molecule has 0 saturated carbocycles. The Balaban J connectivity index is 1.80. The smallest absolute Gasteiger partial charge is 0.224 e. The van der Waals surface area contributed by atoms with Gasteiger partial charge in [0.2, 0.25) is 5.91 Å². The molecule has 5 heteroatoms. The quantitative estimate of drug-likeness (QED) is 0.801. The molecule has 0 aromatic heterocycles. The van der Waals surface area contributed by atoms with Gasteiger partial charge in [0.05, 0.1) is 13.2 Å². The molecule has 0 radical (unpaired) electrons. The first-order valence-corrected chi connectivity index (χ1v) is 7.32. The molecule has 0 aromatic carbocycles. The molecule has 2 aliphatic heterocycles. The van der Waals surface area contributed by atoms with Crippen LogP contribution in [0.5, 0.6) is 0 Å². The zero-order chi connectivity index (χ0) is 13.9. The Morgan fingerprint density at radius 1 is 1.37 bits per heavy atom. The fraction of sp³-hybridized carbons (Fsp3) is 0.929. The lowest BCUT2D eigenvalue weighted by Crippen LogP contribution is -2.62. The monoisotopic (exact) mass is 269 g/mol. The average molecular weight is 269 g/mol. The number of nitrogens with zero attached hydrogens (tertiary/aromatic N) is 2. The van der Waals surface area contributed by atoms with Crippen LogP contribution in [0, 0.1) is 0 Å². The molecular formula is C14H27N3O2. The number of carbonyl (C=O) groups is 1. The summed E-state index contributed by atoms with van der Waals surface area (Å²) in [5.41, 5.74) is 0.0289. The number of hydrogen-bond acceptors (Lipinski definition) is 4. The Morgan fingerprint density at radius 2 is 2.05 bits per heavy atom. The SMILES string of the molecule is CC1CNC(C)(C)CN1C(=O)CCN1CCOCC1. The van der Waals surface area contributed by atoms with Crippen molar-refractivity contribution >= 4 is 5.91 Å². The van der Waals surface area contributed by atoms with Crippen LogP contribution >= 0.6 is 0 Å². The molecule has 0 aliphatic carbocycles. The largest absolute Gasteiger partial charge is 0.379 e. The van der Waals surface area contributed by atoms with Gasteiger partial charge in [0, 0.05) is 50.7 Å². The summed E-state index contributed by atoms with van der Waals surface area (Å²) in [5.74, 6) is 0.286. The maximum Gasteiger partial charge on any atom is 0.224 e. The number of morpholine rings is 1. The van der Waals surface area contributed by atoms with E-state index in [4.69, 9.17) is 4.74 Å². The lowest BCUT2D eigenvalue weighted by atomic mass is 9.99. The normalized spacial score (nSPS) is 28.4. The third-order valence-corrected chi connectivity index (χ3v) is 4.04. The molecule has 2 rings (SSSR count). The van der Waals surface area contributed by atoms with Gasteiger partial charge in [-0.2, -0.15) is 0 Å². The van der Waals surface area contributed by atoms with E-state index < -0.39 is 0 Å². The van der Waals surface area contributed by atoms with Gasteiger partial charge in [0.1, 0.15) is 0 Å². The number of rotatable bonds is 3. The van der Waals surface area contributed by atoms with E-state index in [-0.39, 0.29) is 11.4 Å². The van der Waals surface area contributed by atoms with Crippen molar-refractivity contribution in [3.63, 3.8) is 0 Å². The molecule has 2 aliphatic rings. The molecule has 19 heavy (non-hydrogen) atoms. The first-order chi connectivity index (χ1) is 8.98. The highest BCUT2D eigenvalue weighted by molar-refractivity contribution is 5.77. The van der Waals surface area contributed by atoms with Gasteiger partial charge in [0.15, 0.2) is 0 Å². The second-order valence-corrected chi connectivity index (χ2v) is 6.34. The Hall–Kier alpha value is -0.650. The van der Waals surface area contributed by atoms with E-state index in [9.17, 15) is 4.79 Å².